The molecule has 1 aliphatic carbocycles. The number of hydrogen-bond acceptors (Lipinski definition) is 3. The number of amides is 1. The van der Waals surface area contributed by atoms with Crippen LogP contribution in [0, 0.1) is 0 Å². The van der Waals surface area contributed by atoms with E-state index in [1.54, 1.807) is 11.9 Å². The molecule has 22 heavy (non-hydrogen) atoms. The predicted molar refractivity (Wildman–Crippen MR) is 85.7 cm³/mol. The number of rotatable bonds is 5. The van der Waals surface area contributed by atoms with E-state index in [9.17, 15) is 13.6 Å². The van der Waals surface area contributed by atoms with Gasteiger partial charge >= 0.3 is 0 Å². The van der Waals surface area contributed by atoms with E-state index < -0.39 is 12.0 Å². The zero-order chi connectivity index (χ0) is 15.5. The standard InChI is InChI=1S/C15H27F2N3O.ClH/c1-19(12-6-4-3-5-7-12)8-9-20(2)14(21)13-10-15(16,17)11-18-13;/h12-13,18H,3-11H2,1-2H3;1H. The number of halogens is 3. The largest absolute Gasteiger partial charge is 0.343 e. The fourth-order valence-electron chi connectivity index (χ4n) is 3.28. The molecule has 1 atom stereocenters. The molecule has 1 saturated heterocycles. The van der Waals surface area contributed by atoms with Gasteiger partial charge in [-0.1, -0.05) is 19.3 Å². The van der Waals surface area contributed by atoms with Gasteiger partial charge in [-0.2, -0.15) is 0 Å². The topological polar surface area (TPSA) is 35.6 Å². The fraction of sp³-hybridized carbons (Fsp3) is 0.933. The molecule has 0 aromatic rings. The van der Waals surface area contributed by atoms with Crippen LogP contribution < -0.4 is 5.32 Å². The van der Waals surface area contributed by atoms with Gasteiger partial charge in [-0.05, 0) is 19.9 Å². The Morgan fingerprint density at radius 3 is 2.36 bits per heavy atom. The number of alkyl halides is 2. The van der Waals surface area contributed by atoms with E-state index >= 15 is 0 Å². The van der Waals surface area contributed by atoms with Crippen molar-refractivity contribution in [3.63, 3.8) is 0 Å². The van der Waals surface area contributed by atoms with E-state index in [1.807, 2.05) is 0 Å². The molecule has 2 rings (SSSR count). The van der Waals surface area contributed by atoms with Gasteiger partial charge in [0.15, 0.2) is 0 Å². The summed E-state index contributed by atoms with van der Waals surface area (Å²) >= 11 is 0. The van der Waals surface area contributed by atoms with Crippen molar-refractivity contribution in [3.05, 3.63) is 0 Å². The third kappa shape index (κ3) is 5.32. The fourth-order valence-corrected chi connectivity index (χ4v) is 3.28. The van der Waals surface area contributed by atoms with Gasteiger partial charge in [0.1, 0.15) is 0 Å². The lowest BCUT2D eigenvalue weighted by atomic mass is 9.94. The summed E-state index contributed by atoms with van der Waals surface area (Å²) in [5.74, 6) is -2.97. The Balaban J connectivity index is 0.00000242. The van der Waals surface area contributed by atoms with Gasteiger partial charge in [0.2, 0.25) is 5.91 Å². The third-order valence-electron chi connectivity index (χ3n) is 4.77. The summed E-state index contributed by atoms with van der Waals surface area (Å²) in [6.45, 7) is 1.00. The lowest BCUT2D eigenvalue weighted by molar-refractivity contribution is -0.132. The van der Waals surface area contributed by atoms with Crippen LogP contribution in [0.3, 0.4) is 0 Å². The van der Waals surface area contributed by atoms with Crippen LogP contribution in [-0.4, -0.2) is 67.4 Å². The van der Waals surface area contributed by atoms with Gasteiger partial charge in [-0.3, -0.25) is 10.1 Å². The van der Waals surface area contributed by atoms with Crippen LogP contribution in [0.5, 0.6) is 0 Å². The van der Waals surface area contributed by atoms with Gasteiger partial charge < -0.3 is 9.80 Å². The summed E-state index contributed by atoms with van der Waals surface area (Å²) in [5.41, 5.74) is 0. The third-order valence-corrected chi connectivity index (χ3v) is 4.77. The number of likely N-dealkylation sites (N-methyl/N-ethyl adjacent to an activating group) is 2. The maximum atomic E-state index is 13.1. The average molecular weight is 340 g/mol. The lowest BCUT2D eigenvalue weighted by Crippen LogP contribution is -2.45. The highest BCUT2D eigenvalue weighted by molar-refractivity contribution is 5.85. The second-order valence-corrected chi connectivity index (χ2v) is 6.53. The molecule has 1 saturated carbocycles. The average Bonchev–Trinajstić information content (AvgIpc) is 2.84. The minimum absolute atomic E-state index is 0. The molecular weight excluding hydrogens is 312 g/mol. The second kappa shape index (κ2) is 8.41. The van der Waals surface area contributed by atoms with Crippen molar-refractivity contribution < 1.29 is 13.6 Å². The number of carbonyl (C=O) groups excluding carboxylic acids is 1. The van der Waals surface area contributed by atoms with E-state index in [0.29, 0.717) is 12.6 Å². The minimum Gasteiger partial charge on any atom is -0.343 e. The highest BCUT2D eigenvalue weighted by atomic mass is 35.5. The Morgan fingerprint density at radius 2 is 1.82 bits per heavy atom. The zero-order valence-corrected chi connectivity index (χ0v) is 14.3. The number of hydrogen-bond donors (Lipinski definition) is 1. The van der Waals surface area contributed by atoms with Crippen molar-refractivity contribution in [2.75, 3.05) is 33.7 Å². The number of nitrogens with zero attached hydrogens (tertiary/aromatic N) is 2. The molecular formula is C15H28ClF2N3O. The highest BCUT2D eigenvalue weighted by Crippen LogP contribution is 2.26. The SMILES string of the molecule is CN(CCN(C)C1CCCCC1)C(=O)C1CC(F)(F)CN1.Cl. The monoisotopic (exact) mass is 339 g/mol. The predicted octanol–water partition coefficient (Wildman–Crippen LogP) is 2.13. The Kier molecular flexibility index (Phi) is 7.49. The molecule has 130 valence electrons. The molecule has 0 radical (unpaired) electrons. The lowest BCUT2D eigenvalue weighted by Gasteiger charge is -2.32. The Bertz CT molecular complexity index is 365. The zero-order valence-electron chi connectivity index (χ0n) is 13.5. The molecule has 1 unspecified atom stereocenters. The molecule has 2 aliphatic rings. The van der Waals surface area contributed by atoms with Crippen LogP contribution in [-0.2, 0) is 4.79 Å². The summed E-state index contributed by atoms with van der Waals surface area (Å²) in [7, 11) is 3.80. The Hall–Kier alpha value is -0.460. The molecule has 7 heteroatoms. The van der Waals surface area contributed by atoms with Crippen LogP contribution >= 0.6 is 12.4 Å². The smallest absolute Gasteiger partial charge is 0.262 e. The Labute approximate surface area is 138 Å². The van der Waals surface area contributed by atoms with Crippen LogP contribution in [0.15, 0.2) is 0 Å². The molecule has 2 fully saturated rings. The number of carbonyl (C=O) groups is 1. The van der Waals surface area contributed by atoms with E-state index in [-0.39, 0.29) is 31.3 Å². The molecule has 0 spiro atoms. The van der Waals surface area contributed by atoms with Crippen LogP contribution in [0.2, 0.25) is 0 Å². The molecule has 1 aliphatic heterocycles. The normalized spacial score (nSPS) is 25.0. The van der Waals surface area contributed by atoms with Gasteiger partial charge in [-0.15, -0.1) is 12.4 Å². The van der Waals surface area contributed by atoms with Crippen molar-refractivity contribution in [3.8, 4) is 0 Å². The first kappa shape index (κ1) is 19.6. The van der Waals surface area contributed by atoms with E-state index in [0.717, 1.165) is 6.54 Å². The van der Waals surface area contributed by atoms with E-state index in [1.165, 1.54) is 32.1 Å². The summed E-state index contributed by atoms with van der Waals surface area (Å²) in [6.07, 6.45) is 5.96. The number of nitrogens with one attached hydrogen (secondary N) is 1. The van der Waals surface area contributed by atoms with Gasteiger partial charge in [0, 0.05) is 32.6 Å². The first-order chi connectivity index (χ1) is 9.89. The van der Waals surface area contributed by atoms with Crippen molar-refractivity contribution in [1.82, 2.24) is 15.1 Å². The summed E-state index contributed by atoms with van der Waals surface area (Å²) in [6, 6.07) is -0.124. The second-order valence-electron chi connectivity index (χ2n) is 6.53. The van der Waals surface area contributed by atoms with Gasteiger partial charge in [-0.25, -0.2) is 8.78 Å². The maximum absolute atomic E-state index is 13.1. The molecule has 0 aromatic carbocycles. The van der Waals surface area contributed by atoms with E-state index in [2.05, 4.69) is 17.3 Å². The van der Waals surface area contributed by atoms with Crippen LogP contribution in [0.25, 0.3) is 0 Å². The maximum Gasteiger partial charge on any atom is 0.262 e. The molecule has 0 aromatic heterocycles. The summed E-state index contributed by atoms with van der Waals surface area (Å²) in [4.78, 5) is 16.0. The van der Waals surface area contributed by atoms with Crippen molar-refractivity contribution in [2.24, 2.45) is 0 Å². The molecule has 1 N–H and O–H groups in total. The minimum atomic E-state index is -2.75. The molecule has 4 nitrogen and oxygen atoms in total. The van der Waals surface area contributed by atoms with Crippen molar-refractivity contribution in [2.45, 2.75) is 56.5 Å². The van der Waals surface area contributed by atoms with Crippen molar-refractivity contribution >= 4 is 18.3 Å². The summed E-state index contributed by atoms with van der Waals surface area (Å²) in [5, 5.41) is 2.62. The summed E-state index contributed by atoms with van der Waals surface area (Å²) < 4.78 is 26.3. The first-order valence-corrected chi connectivity index (χ1v) is 7.95. The quantitative estimate of drug-likeness (QED) is 0.833. The molecule has 1 amide bonds. The molecule has 0 bridgehead atoms. The van der Waals surface area contributed by atoms with Crippen LogP contribution in [0.4, 0.5) is 8.78 Å². The van der Waals surface area contributed by atoms with Gasteiger partial charge in [0.05, 0.1) is 12.6 Å². The van der Waals surface area contributed by atoms with E-state index in [4.69, 9.17) is 0 Å². The highest BCUT2D eigenvalue weighted by Gasteiger charge is 2.43. The Morgan fingerprint density at radius 1 is 1.18 bits per heavy atom. The molecule has 1 heterocycles. The first-order valence-electron chi connectivity index (χ1n) is 7.95. The van der Waals surface area contributed by atoms with Gasteiger partial charge in [0.25, 0.3) is 5.92 Å². The van der Waals surface area contributed by atoms with Crippen molar-refractivity contribution in [1.29, 1.82) is 0 Å². The van der Waals surface area contributed by atoms with Crippen LogP contribution in [0.1, 0.15) is 38.5 Å².